The average molecular weight is 241 g/mol. The minimum Gasteiger partial charge on any atom is -0.166 e. The van der Waals surface area contributed by atoms with Gasteiger partial charge >= 0.3 is 6.18 Å². The molecule has 0 radical (unpaired) electrons. The van der Waals surface area contributed by atoms with Gasteiger partial charge in [-0.05, 0) is 31.6 Å². The number of alkyl halides is 3. The van der Waals surface area contributed by atoms with Crippen LogP contribution in [0.4, 0.5) is 13.2 Å². The van der Waals surface area contributed by atoms with E-state index in [-0.39, 0.29) is 5.57 Å². The first kappa shape index (κ1) is 16.7. The van der Waals surface area contributed by atoms with Crippen molar-refractivity contribution in [3.63, 3.8) is 0 Å². The summed E-state index contributed by atoms with van der Waals surface area (Å²) in [5.74, 6) is 0. The molecule has 0 N–H and O–H groups in total. The van der Waals surface area contributed by atoms with Gasteiger partial charge in [-0.2, -0.15) is 13.2 Å². The molecule has 0 amide bonds. The van der Waals surface area contributed by atoms with Crippen molar-refractivity contribution >= 4 is 11.6 Å². The summed E-state index contributed by atoms with van der Waals surface area (Å²) in [4.78, 5) is 0. The van der Waals surface area contributed by atoms with Crippen molar-refractivity contribution < 1.29 is 13.2 Å². The summed E-state index contributed by atoms with van der Waals surface area (Å²) in [7, 11) is 0. The molecular formula is C11H16ClF3. The van der Waals surface area contributed by atoms with E-state index in [2.05, 4.69) is 6.58 Å². The molecule has 0 bridgehead atoms. The van der Waals surface area contributed by atoms with Gasteiger partial charge in [0.15, 0.2) is 0 Å². The normalized spacial score (nSPS) is 13.1. The topological polar surface area (TPSA) is 0 Å². The van der Waals surface area contributed by atoms with Gasteiger partial charge in [0.2, 0.25) is 0 Å². The second-order valence-electron chi connectivity index (χ2n) is 2.61. The number of hydrogen-bond acceptors (Lipinski definition) is 0. The van der Waals surface area contributed by atoms with Crippen LogP contribution >= 0.6 is 11.6 Å². The summed E-state index contributed by atoms with van der Waals surface area (Å²) >= 11 is 5.40. The maximum absolute atomic E-state index is 12.2. The minimum atomic E-state index is -4.37. The molecule has 4 heteroatoms. The molecule has 0 rings (SSSR count). The van der Waals surface area contributed by atoms with Crippen molar-refractivity contribution in [3.05, 3.63) is 34.9 Å². The Bertz CT molecular complexity index is 255. The largest absolute Gasteiger partial charge is 0.416 e. The van der Waals surface area contributed by atoms with E-state index in [4.69, 9.17) is 11.6 Å². The van der Waals surface area contributed by atoms with Gasteiger partial charge in [0, 0.05) is 5.03 Å². The van der Waals surface area contributed by atoms with E-state index in [1.54, 1.807) is 0 Å². The van der Waals surface area contributed by atoms with Crippen LogP contribution in [0.5, 0.6) is 0 Å². The molecule has 0 nitrogen and oxygen atoms in total. The van der Waals surface area contributed by atoms with E-state index >= 15 is 0 Å². The van der Waals surface area contributed by atoms with Crippen molar-refractivity contribution in [2.45, 2.75) is 33.9 Å². The highest BCUT2D eigenvalue weighted by Crippen LogP contribution is 2.30. The SMILES string of the molecule is C=C(C)/C(=C\C=C(/C)Cl)C(F)(F)F.CC. The zero-order valence-corrected chi connectivity index (χ0v) is 10.1. The molecule has 88 valence electrons. The zero-order valence-electron chi connectivity index (χ0n) is 9.37. The lowest BCUT2D eigenvalue weighted by Crippen LogP contribution is -2.12. The predicted molar refractivity (Wildman–Crippen MR) is 59.9 cm³/mol. The molecule has 0 aromatic heterocycles. The van der Waals surface area contributed by atoms with E-state index in [1.807, 2.05) is 13.8 Å². The minimum absolute atomic E-state index is 0.0262. The number of halogens is 4. The third-order valence-electron chi connectivity index (χ3n) is 1.24. The Labute approximate surface area is 94.1 Å². The molecule has 0 fully saturated rings. The smallest absolute Gasteiger partial charge is 0.166 e. The molecule has 0 aromatic rings. The fraction of sp³-hybridized carbons (Fsp3) is 0.455. The third kappa shape index (κ3) is 8.30. The highest BCUT2D eigenvalue weighted by Gasteiger charge is 2.33. The van der Waals surface area contributed by atoms with Gasteiger partial charge in [0.25, 0.3) is 0 Å². The molecule has 0 spiro atoms. The first-order valence-corrected chi connectivity index (χ1v) is 4.90. The Kier molecular flexibility index (Phi) is 8.44. The zero-order chi connectivity index (χ0) is 12.6. The highest BCUT2D eigenvalue weighted by molar-refractivity contribution is 6.29. The van der Waals surface area contributed by atoms with Crippen LogP contribution in [0.15, 0.2) is 34.9 Å². The molecule has 0 aliphatic heterocycles. The second kappa shape index (κ2) is 7.57. The number of allylic oxidation sites excluding steroid dienone is 5. The molecule has 0 saturated heterocycles. The van der Waals surface area contributed by atoms with Crippen LogP contribution in [0.1, 0.15) is 27.7 Å². The summed E-state index contributed by atoms with van der Waals surface area (Å²) in [6.45, 7) is 10.0. The fourth-order valence-electron chi connectivity index (χ4n) is 0.677. The molecule has 0 atom stereocenters. The Morgan fingerprint density at radius 2 is 1.53 bits per heavy atom. The van der Waals surface area contributed by atoms with Crippen LogP contribution in [0.25, 0.3) is 0 Å². The lowest BCUT2D eigenvalue weighted by Gasteiger charge is -2.09. The van der Waals surface area contributed by atoms with Gasteiger partial charge in [-0.15, -0.1) is 0 Å². The maximum atomic E-state index is 12.2. The van der Waals surface area contributed by atoms with Crippen molar-refractivity contribution in [1.29, 1.82) is 0 Å². The quantitative estimate of drug-likeness (QED) is 0.581. The van der Waals surface area contributed by atoms with E-state index in [1.165, 1.54) is 19.9 Å². The Balaban J connectivity index is 0. The molecule has 0 aliphatic carbocycles. The van der Waals surface area contributed by atoms with E-state index in [0.717, 1.165) is 6.08 Å². The summed E-state index contributed by atoms with van der Waals surface area (Å²) in [5.41, 5.74) is -0.783. The van der Waals surface area contributed by atoms with Crippen LogP contribution in [-0.2, 0) is 0 Å². The first-order chi connectivity index (χ1) is 6.75. The Morgan fingerprint density at radius 1 is 1.13 bits per heavy atom. The van der Waals surface area contributed by atoms with Gasteiger partial charge in [0.1, 0.15) is 0 Å². The molecule has 0 aromatic carbocycles. The van der Waals surface area contributed by atoms with Gasteiger partial charge in [0.05, 0.1) is 5.57 Å². The average Bonchev–Trinajstić information content (AvgIpc) is 2.04. The van der Waals surface area contributed by atoms with Crippen LogP contribution < -0.4 is 0 Å². The second-order valence-corrected chi connectivity index (χ2v) is 3.21. The van der Waals surface area contributed by atoms with Crippen LogP contribution in [0.3, 0.4) is 0 Å². The third-order valence-corrected chi connectivity index (χ3v) is 1.37. The summed E-state index contributed by atoms with van der Waals surface area (Å²) in [6.07, 6.45) is -2.25. The lowest BCUT2D eigenvalue weighted by atomic mass is 10.1. The van der Waals surface area contributed by atoms with Gasteiger partial charge in [-0.3, -0.25) is 0 Å². The molecule has 0 heterocycles. The molecule has 0 saturated carbocycles. The van der Waals surface area contributed by atoms with E-state index < -0.39 is 11.7 Å². The summed E-state index contributed by atoms with van der Waals surface area (Å²) < 4.78 is 36.7. The van der Waals surface area contributed by atoms with Crippen molar-refractivity contribution in [1.82, 2.24) is 0 Å². The van der Waals surface area contributed by atoms with E-state index in [9.17, 15) is 13.2 Å². The Hall–Kier alpha value is -0.700. The summed E-state index contributed by atoms with van der Waals surface area (Å²) in [6, 6.07) is 0. The van der Waals surface area contributed by atoms with Gasteiger partial charge in [-0.1, -0.05) is 32.0 Å². The standard InChI is InChI=1S/C9H10ClF3.C2H6/c1-6(2)8(9(11,12)13)5-4-7(3)10;1-2/h4-5H,1H2,2-3H3;1-2H3/b7-4+,8-5+;. The number of rotatable bonds is 2. The molecule has 0 unspecified atom stereocenters. The van der Waals surface area contributed by atoms with Crippen LogP contribution in [0, 0.1) is 0 Å². The highest BCUT2D eigenvalue weighted by atomic mass is 35.5. The maximum Gasteiger partial charge on any atom is 0.416 e. The molecule has 15 heavy (non-hydrogen) atoms. The summed E-state index contributed by atoms with van der Waals surface area (Å²) in [5, 5.41) is 0.294. The van der Waals surface area contributed by atoms with Crippen LogP contribution in [0.2, 0.25) is 0 Å². The molecular weight excluding hydrogens is 225 g/mol. The predicted octanol–water partition coefficient (Wildman–Crippen LogP) is 5.22. The van der Waals surface area contributed by atoms with Gasteiger partial charge < -0.3 is 0 Å². The van der Waals surface area contributed by atoms with Crippen molar-refractivity contribution in [3.8, 4) is 0 Å². The van der Waals surface area contributed by atoms with Crippen molar-refractivity contribution in [2.75, 3.05) is 0 Å². The van der Waals surface area contributed by atoms with Crippen LogP contribution in [-0.4, -0.2) is 6.18 Å². The Morgan fingerprint density at radius 3 is 1.73 bits per heavy atom. The molecule has 0 aliphatic rings. The van der Waals surface area contributed by atoms with Crippen molar-refractivity contribution in [2.24, 2.45) is 0 Å². The fourth-order valence-corrected chi connectivity index (χ4v) is 0.740. The van der Waals surface area contributed by atoms with E-state index in [0.29, 0.717) is 5.03 Å². The monoisotopic (exact) mass is 240 g/mol. The number of hydrogen-bond donors (Lipinski definition) is 0. The lowest BCUT2D eigenvalue weighted by molar-refractivity contribution is -0.0892. The van der Waals surface area contributed by atoms with Gasteiger partial charge in [-0.25, -0.2) is 0 Å². The first-order valence-electron chi connectivity index (χ1n) is 4.52.